The normalized spacial score (nSPS) is 23.3. The Morgan fingerprint density at radius 1 is 1.42 bits per heavy atom. The lowest BCUT2D eigenvalue weighted by molar-refractivity contribution is -0.138. The Kier molecular flexibility index (Phi) is 2.77. The minimum Gasteiger partial charge on any atom is -0.481 e. The molecule has 1 fully saturated rings. The van der Waals surface area contributed by atoms with Crippen LogP contribution in [-0.4, -0.2) is 31.5 Å². The van der Waals surface area contributed by atoms with Gasteiger partial charge in [0.2, 0.25) is 6.79 Å². The Hall–Kier alpha value is -1.91. The smallest absolute Gasteiger partial charge is 0.306 e. The van der Waals surface area contributed by atoms with E-state index in [2.05, 4.69) is 4.90 Å². The second-order valence-electron chi connectivity index (χ2n) is 5.31. The number of fused-ring (bicyclic) bond motifs is 1. The van der Waals surface area contributed by atoms with Gasteiger partial charge in [-0.05, 0) is 30.9 Å². The van der Waals surface area contributed by atoms with Crippen LogP contribution in [0, 0.1) is 18.8 Å². The van der Waals surface area contributed by atoms with Gasteiger partial charge in [0.15, 0.2) is 11.5 Å². The summed E-state index contributed by atoms with van der Waals surface area (Å²) >= 11 is 0. The highest BCUT2D eigenvalue weighted by Crippen LogP contribution is 2.42. The molecule has 0 spiro atoms. The van der Waals surface area contributed by atoms with Gasteiger partial charge in [-0.1, -0.05) is 0 Å². The molecule has 1 aliphatic carbocycles. The lowest BCUT2D eigenvalue weighted by Gasteiger charge is -2.21. The van der Waals surface area contributed by atoms with Gasteiger partial charge in [-0.2, -0.15) is 0 Å². The van der Waals surface area contributed by atoms with Crippen LogP contribution in [0.4, 0.5) is 5.69 Å². The summed E-state index contributed by atoms with van der Waals surface area (Å²) in [6.45, 7) is 3.05. The van der Waals surface area contributed by atoms with E-state index < -0.39 is 5.97 Å². The molecule has 0 bridgehead atoms. The monoisotopic (exact) mass is 263 g/mol. The summed E-state index contributed by atoms with van der Waals surface area (Å²) < 4.78 is 10.7. The second-order valence-corrected chi connectivity index (χ2v) is 5.31. The van der Waals surface area contributed by atoms with E-state index in [9.17, 15) is 4.79 Å². The van der Waals surface area contributed by atoms with Crippen LogP contribution in [0.1, 0.15) is 12.0 Å². The maximum Gasteiger partial charge on any atom is 0.306 e. The molecule has 0 amide bonds. The van der Waals surface area contributed by atoms with E-state index in [1.54, 1.807) is 0 Å². The van der Waals surface area contributed by atoms with Gasteiger partial charge < -0.3 is 19.5 Å². The standard InChI is InChI=1S/C14H17NO4/c1-8-3-12-13(19-7-18-12)5-11(8)15(2)6-9-4-10(9)14(16)17/h3,5,9-10H,4,6-7H2,1-2H3,(H,16,17). The quantitative estimate of drug-likeness (QED) is 0.898. The molecule has 0 radical (unpaired) electrons. The number of nitrogens with zero attached hydrogens (tertiary/aromatic N) is 1. The number of anilines is 1. The summed E-state index contributed by atoms with van der Waals surface area (Å²) in [7, 11) is 1.99. The van der Waals surface area contributed by atoms with Crippen LogP contribution >= 0.6 is 0 Å². The Morgan fingerprint density at radius 3 is 2.74 bits per heavy atom. The number of hydrogen-bond donors (Lipinski definition) is 1. The van der Waals surface area contributed by atoms with Gasteiger partial charge in [0.25, 0.3) is 0 Å². The van der Waals surface area contributed by atoms with Gasteiger partial charge in [0.05, 0.1) is 5.92 Å². The molecule has 1 heterocycles. The number of carboxylic acids is 1. The highest BCUT2D eigenvalue weighted by molar-refractivity contribution is 5.73. The van der Waals surface area contributed by atoms with Crippen molar-refractivity contribution in [1.82, 2.24) is 0 Å². The zero-order valence-electron chi connectivity index (χ0n) is 11.0. The van der Waals surface area contributed by atoms with Crippen molar-refractivity contribution in [2.45, 2.75) is 13.3 Å². The van der Waals surface area contributed by atoms with Crippen molar-refractivity contribution in [2.75, 3.05) is 25.3 Å². The molecule has 0 aromatic heterocycles. The van der Waals surface area contributed by atoms with Crippen LogP contribution in [-0.2, 0) is 4.79 Å². The van der Waals surface area contributed by atoms with Gasteiger partial charge in [-0.15, -0.1) is 0 Å². The van der Waals surface area contributed by atoms with Gasteiger partial charge in [-0.25, -0.2) is 0 Å². The van der Waals surface area contributed by atoms with Gasteiger partial charge in [0.1, 0.15) is 0 Å². The molecule has 2 aliphatic rings. The Labute approximate surface area is 111 Å². The molecule has 5 nitrogen and oxygen atoms in total. The van der Waals surface area contributed by atoms with E-state index in [4.69, 9.17) is 14.6 Å². The highest BCUT2D eigenvalue weighted by Gasteiger charge is 2.43. The number of ether oxygens (including phenoxy) is 2. The maximum absolute atomic E-state index is 10.9. The number of aryl methyl sites for hydroxylation is 1. The number of benzene rings is 1. The van der Waals surface area contributed by atoms with Crippen LogP contribution < -0.4 is 14.4 Å². The fourth-order valence-electron chi connectivity index (χ4n) is 2.65. The Balaban J connectivity index is 1.73. The summed E-state index contributed by atoms with van der Waals surface area (Å²) in [5, 5.41) is 8.93. The molecule has 1 aromatic carbocycles. The lowest BCUT2D eigenvalue weighted by atomic mass is 10.1. The predicted molar refractivity (Wildman–Crippen MR) is 69.8 cm³/mol. The van der Waals surface area contributed by atoms with Crippen molar-refractivity contribution in [3.05, 3.63) is 17.7 Å². The van der Waals surface area contributed by atoms with E-state index >= 15 is 0 Å². The summed E-state index contributed by atoms with van der Waals surface area (Å²) in [5.74, 6) is 0.951. The zero-order chi connectivity index (χ0) is 13.6. The molecule has 2 atom stereocenters. The molecule has 5 heteroatoms. The number of rotatable bonds is 4. The second kappa shape index (κ2) is 4.33. The van der Waals surface area contributed by atoms with Crippen molar-refractivity contribution < 1.29 is 19.4 Å². The average molecular weight is 263 g/mol. The van der Waals surface area contributed by atoms with Crippen LogP contribution in [0.3, 0.4) is 0 Å². The molecule has 1 aromatic rings. The first-order chi connectivity index (χ1) is 9.06. The molecule has 0 saturated heterocycles. The van der Waals surface area contributed by atoms with Crippen LogP contribution in [0.25, 0.3) is 0 Å². The lowest BCUT2D eigenvalue weighted by Crippen LogP contribution is -2.22. The molecule has 102 valence electrons. The van der Waals surface area contributed by atoms with Crippen LogP contribution in [0.5, 0.6) is 11.5 Å². The molecule has 1 N–H and O–H groups in total. The minimum atomic E-state index is -0.680. The molecule has 19 heavy (non-hydrogen) atoms. The SMILES string of the molecule is Cc1cc2c(cc1N(C)CC1CC1C(=O)O)OCO2. The molecule has 1 aliphatic heterocycles. The largest absolute Gasteiger partial charge is 0.481 e. The zero-order valence-corrected chi connectivity index (χ0v) is 11.0. The van der Waals surface area contributed by atoms with Gasteiger partial charge >= 0.3 is 5.97 Å². The number of aliphatic carboxylic acids is 1. The fraction of sp³-hybridized carbons (Fsp3) is 0.500. The third-order valence-corrected chi connectivity index (χ3v) is 3.85. The first-order valence-corrected chi connectivity index (χ1v) is 6.40. The van der Waals surface area contributed by atoms with Crippen molar-refractivity contribution in [3.63, 3.8) is 0 Å². The van der Waals surface area contributed by atoms with Crippen molar-refractivity contribution >= 4 is 11.7 Å². The van der Waals surface area contributed by atoms with Gasteiger partial charge in [-0.3, -0.25) is 4.79 Å². The van der Waals surface area contributed by atoms with E-state index in [1.165, 1.54) is 0 Å². The highest BCUT2D eigenvalue weighted by atomic mass is 16.7. The Bertz CT molecular complexity index is 528. The summed E-state index contributed by atoms with van der Waals surface area (Å²) in [6.07, 6.45) is 0.781. The number of carbonyl (C=O) groups is 1. The molecule has 3 rings (SSSR count). The molecular formula is C14H17NO4. The average Bonchev–Trinajstić information content (AvgIpc) is 2.97. The van der Waals surface area contributed by atoms with Crippen molar-refractivity contribution in [2.24, 2.45) is 11.8 Å². The number of carboxylic acid groups (broad SMARTS) is 1. The minimum absolute atomic E-state index is 0.170. The van der Waals surface area contributed by atoms with Gasteiger partial charge in [0, 0.05) is 25.3 Å². The third kappa shape index (κ3) is 2.20. The van der Waals surface area contributed by atoms with E-state index in [-0.39, 0.29) is 18.6 Å². The topological polar surface area (TPSA) is 59.0 Å². The van der Waals surface area contributed by atoms with E-state index in [1.807, 2.05) is 26.1 Å². The van der Waals surface area contributed by atoms with E-state index in [0.29, 0.717) is 0 Å². The summed E-state index contributed by atoms with van der Waals surface area (Å²) in [5.41, 5.74) is 2.18. The summed E-state index contributed by atoms with van der Waals surface area (Å²) in [4.78, 5) is 13.0. The Morgan fingerprint density at radius 2 is 2.11 bits per heavy atom. The van der Waals surface area contributed by atoms with E-state index in [0.717, 1.165) is 35.7 Å². The predicted octanol–water partition coefficient (Wildman–Crippen LogP) is 1.88. The fourth-order valence-corrected chi connectivity index (χ4v) is 2.65. The maximum atomic E-state index is 10.9. The third-order valence-electron chi connectivity index (χ3n) is 3.85. The van der Waals surface area contributed by atoms with Crippen molar-refractivity contribution in [3.8, 4) is 11.5 Å². The van der Waals surface area contributed by atoms with Crippen LogP contribution in [0.15, 0.2) is 12.1 Å². The van der Waals surface area contributed by atoms with Crippen LogP contribution in [0.2, 0.25) is 0 Å². The first-order valence-electron chi connectivity index (χ1n) is 6.40. The molecule has 1 saturated carbocycles. The summed E-state index contributed by atoms with van der Waals surface area (Å²) in [6, 6.07) is 3.94. The first kappa shape index (κ1) is 12.1. The van der Waals surface area contributed by atoms with Crippen molar-refractivity contribution in [1.29, 1.82) is 0 Å². The molecule has 2 unspecified atom stereocenters. The number of hydrogen-bond acceptors (Lipinski definition) is 4. The molecular weight excluding hydrogens is 246 g/mol.